The number of hydrogen-bond acceptors (Lipinski definition) is 2. The lowest BCUT2D eigenvalue weighted by molar-refractivity contribution is 0.775. The average molecular weight is 203 g/mol. The van der Waals surface area contributed by atoms with Crippen molar-refractivity contribution in [1.29, 1.82) is 0 Å². The van der Waals surface area contributed by atoms with Gasteiger partial charge in [-0.1, -0.05) is 19.9 Å². The Balaban J connectivity index is 2.43. The van der Waals surface area contributed by atoms with Gasteiger partial charge < -0.3 is 10.3 Å². The van der Waals surface area contributed by atoms with E-state index in [0.29, 0.717) is 5.92 Å². The molecule has 0 radical (unpaired) electrons. The first-order chi connectivity index (χ1) is 7.20. The van der Waals surface area contributed by atoms with Crippen molar-refractivity contribution in [2.24, 2.45) is 0 Å². The molecule has 0 spiro atoms. The van der Waals surface area contributed by atoms with Crippen LogP contribution in [0.5, 0.6) is 0 Å². The van der Waals surface area contributed by atoms with E-state index in [1.54, 1.807) is 0 Å². The molecule has 0 amide bonds. The van der Waals surface area contributed by atoms with Gasteiger partial charge in [-0.15, -0.1) is 0 Å². The summed E-state index contributed by atoms with van der Waals surface area (Å²) in [6, 6.07) is 6.42. The molecular formula is C12H17N3. The number of nitrogens with zero attached hydrogens (tertiary/aromatic N) is 1. The first kappa shape index (κ1) is 10.2. The van der Waals surface area contributed by atoms with Crippen LogP contribution in [0.2, 0.25) is 0 Å². The number of nitrogens with one attached hydrogen (secondary N) is 2. The van der Waals surface area contributed by atoms with Gasteiger partial charge in [0.15, 0.2) is 0 Å². The molecule has 0 aliphatic carbocycles. The van der Waals surface area contributed by atoms with Gasteiger partial charge in [0.1, 0.15) is 5.82 Å². The summed E-state index contributed by atoms with van der Waals surface area (Å²) in [5, 5.41) is 3.09. The lowest BCUT2D eigenvalue weighted by atomic mass is 10.0. The molecule has 80 valence electrons. The lowest BCUT2D eigenvalue weighted by Gasteiger charge is -2.03. The summed E-state index contributed by atoms with van der Waals surface area (Å²) in [5.41, 5.74) is 3.53. The normalized spacial score (nSPS) is 11.5. The fourth-order valence-electron chi connectivity index (χ4n) is 1.69. The highest BCUT2D eigenvalue weighted by Gasteiger charge is 2.04. The Bertz CT molecular complexity index is 457. The number of rotatable bonds is 3. The third kappa shape index (κ3) is 2.02. The van der Waals surface area contributed by atoms with Crippen LogP contribution >= 0.6 is 0 Å². The maximum atomic E-state index is 4.48. The van der Waals surface area contributed by atoms with Crippen LogP contribution in [0.4, 0.5) is 0 Å². The smallest absolute Gasteiger partial charge is 0.121 e. The molecule has 0 saturated carbocycles. The fourth-order valence-corrected chi connectivity index (χ4v) is 1.69. The molecule has 0 unspecified atom stereocenters. The molecule has 0 aliphatic heterocycles. The zero-order valence-corrected chi connectivity index (χ0v) is 9.46. The monoisotopic (exact) mass is 203 g/mol. The van der Waals surface area contributed by atoms with Crippen molar-refractivity contribution in [1.82, 2.24) is 15.3 Å². The van der Waals surface area contributed by atoms with E-state index in [-0.39, 0.29) is 0 Å². The van der Waals surface area contributed by atoms with Crippen molar-refractivity contribution in [2.45, 2.75) is 26.3 Å². The van der Waals surface area contributed by atoms with Gasteiger partial charge in [-0.05, 0) is 30.7 Å². The molecule has 1 heterocycles. The second-order valence-electron chi connectivity index (χ2n) is 4.15. The van der Waals surface area contributed by atoms with Crippen LogP contribution < -0.4 is 5.32 Å². The maximum Gasteiger partial charge on any atom is 0.121 e. The highest BCUT2D eigenvalue weighted by molar-refractivity contribution is 5.76. The quantitative estimate of drug-likeness (QED) is 0.804. The maximum absolute atomic E-state index is 4.48. The third-order valence-corrected chi connectivity index (χ3v) is 2.57. The van der Waals surface area contributed by atoms with E-state index in [2.05, 4.69) is 47.3 Å². The van der Waals surface area contributed by atoms with Crippen molar-refractivity contribution >= 4 is 11.0 Å². The molecule has 0 aliphatic rings. The highest BCUT2D eigenvalue weighted by atomic mass is 15.0. The van der Waals surface area contributed by atoms with Crippen LogP contribution in [0.3, 0.4) is 0 Å². The summed E-state index contributed by atoms with van der Waals surface area (Å²) in [6.45, 7) is 5.18. The van der Waals surface area contributed by atoms with Gasteiger partial charge in [0.2, 0.25) is 0 Å². The first-order valence-electron chi connectivity index (χ1n) is 5.34. The van der Waals surface area contributed by atoms with Gasteiger partial charge in [-0.3, -0.25) is 0 Å². The summed E-state index contributed by atoms with van der Waals surface area (Å²) in [7, 11) is 1.92. The number of aromatic amines is 1. The second kappa shape index (κ2) is 4.03. The second-order valence-corrected chi connectivity index (χ2v) is 4.15. The molecule has 0 atom stereocenters. The Morgan fingerprint density at radius 2 is 2.20 bits per heavy atom. The number of hydrogen-bond donors (Lipinski definition) is 2. The Hall–Kier alpha value is -1.35. The van der Waals surface area contributed by atoms with E-state index in [1.807, 2.05) is 7.05 Å². The third-order valence-electron chi connectivity index (χ3n) is 2.57. The molecule has 3 heteroatoms. The summed E-state index contributed by atoms with van der Waals surface area (Å²) in [5.74, 6) is 1.55. The van der Waals surface area contributed by atoms with Gasteiger partial charge >= 0.3 is 0 Å². The molecule has 0 saturated heterocycles. The van der Waals surface area contributed by atoms with Crippen molar-refractivity contribution < 1.29 is 0 Å². The SMILES string of the molecule is CNCc1nc2ccc(C(C)C)cc2[nH]1. The summed E-state index contributed by atoms with van der Waals surface area (Å²) in [6.07, 6.45) is 0. The lowest BCUT2D eigenvalue weighted by Crippen LogP contribution is -2.06. The van der Waals surface area contributed by atoms with Crippen LogP contribution in [-0.2, 0) is 6.54 Å². The van der Waals surface area contributed by atoms with Crippen LogP contribution in [-0.4, -0.2) is 17.0 Å². The predicted octanol–water partition coefficient (Wildman–Crippen LogP) is 2.41. The largest absolute Gasteiger partial charge is 0.341 e. The molecule has 15 heavy (non-hydrogen) atoms. The number of benzene rings is 1. The summed E-state index contributed by atoms with van der Waals surface area (Å²) < 4.78 is 0. The van der Waals surface area contributed by atoms with Gasteiger partial charge in [0.05, 0.1) is 17.6 Å². The minimum absolute atomic E-state index is 0.561. The molecule has 0 fully saturated rings. The molecule has 2 N–H and O–H groups in total. The van der Waals surface area contributed by atoms with Gasteiger partial charge in [-0.25, -0.2) is 4.98 Å². The number of H-pyrrole nitrogens is 1. The Labute approximate surface area is 89.9 Å². The van der Waals surface area contributed by atoms with Gasteiger partial charge in [0.25, 0.3) is 0 Å². The van der Waals surface area contributed by atoms with Crippen molar-refractivity contribution in [2.75, 3.05) is 7.05 Å². The average Bonchev–Trinajstić information content (AvgIpc) is 2.59. The minimum Gasteiger partial charge on any atom is -0.341 e. The number of aromatic nitrogens is 2. The van der Waals surface area contributed by atoms with E-state index in [9.17, 15) is 0 Å². The van der Waals surface area contributed by atoms with E-state index in [4.69, 9.17) is 0 Å². The van der Waals surface area contributed by atoms with Crippen LogP contribution in [0.25, 0.3) is 11.0 Å². The van der Waals surface area contributed by atoms with Gasteiger partial charge in [-0.2, -0.15) is 0 Å². The Kier molecular flexibility index (Phi) is 2.73. The Morgan fingerprint density at radius 3 is 2.87 bits per heavy atom. The molecule has 0 bridgehead atoms. The molecule has 3 nitrogen and oxygen atoms in total. The van der Waals surface area contributed by atoms with E-state index in [1.165, 1.54) is 5.56 Å². The molecule has 1 aromatic heterocycles. The number of imidazole rings is 1. The molecular weight excluding hydrogens is 186 g/mol. The summed E-state index contributed by atoms with van der Waals surface area (Å²) in [4.78, 5) is 7.80. The first-order valence-corrected chi connectivity index (χ1v) is 5.34. The number of fused-ring (bicyclic) bond motifs is 1. The van der Waals surface area contributed by atoms with Crippen molar-refractivity contribution in [3.05, 3.63) is 29.6 Å². The summed E-state index contributed by atoms with van der Waals surface area (Å²) >= 11 is 0. The van der Waals surface area contributed by atoms with Crippen LogP contribution in [0.15, 0.2) is 18.2 Å². The van der Waals surface area contributed by atoms with E-state index < -0.39 is 0 Å². The van der Waals surface area contributed by atoms with E-state index in [0.717, 1.165) is 23.4 Å². The molecule has 1 aromatic carbocycles. The Morgan fingerprint density at radius 1 is 1.40 bits per heavy atom. The highest BCUT2D eigenvalue weighted by Crippen LogP contribution is 2.19. The topological polar surface area (TPSA) is 40.7 Å². The van der Waals surface area contributed by atoms with Gasteiger partial charge in [0, 0.05) is 0 Å². The fraction of sp³-hybridized carbons (Fsp3) is 0.417. The van der Waals surface area contributed by atoms with E-state index >= 15 is 0 Å². The zero-order chi connectivity index (χ0) is 10.8. The standard InChI is InChI=1S/C12H17N3/c1-8(2)9-4-5-10-11(6-9)15-12(14-10)7-13-3/h4-6,8,13H,7H2,1-3H3,(H,14,15). The van der Waals surface area contributed by atoms with Crippen LogP contribution in [0.1, 0.15) is 31.2 Å². The van der Waals surface area contributed by atoms with Crippen molar-refractivity contribution in [3.63, 3.8) is 0 Å². The molecule has 2 aromatic rings. The zero-order valence-electron chi connectivity index (χ0n) is 9.46. The molecule has 2 rings (SSSR count). The predicted molar refractivity (Wildman–Crippen MR) is 62.9 cm³/mol. The van der Waals surface area contributed by atoms with Crippen molar-refractivity contribution in [3.8, 4) is 0 Å². The minimum atomic E-state index is 0.561. The van der Waals surface area contributed by atoms with Crippen LogP contribution in [0, 0.1) is 0 Å².